The van der Waals surface area contributed by atoms with Crippen LogP contribution in [0.15, 0.2) is 0 Å². The highest BCUT2D eigenvalue weighted by Gasteiger charge is 2.36. The molecule has 1 fully saturated rings. The number of hydrogen-bond donors (Lipinski definition) is 2. The van der Waals surface area contributed by atoms with Gasteiger partial charge in [-0.1, -0.05) is 0 Å². The molecule has 1 unspecified atom stereocenters. The number of rotatable bonds is 3. The summed E-state index contributed by atoms with van der Waals surface area (Å²) in [6.45, 7) is 5.65. The van der Waals surface area contributed by atoms with Gasteiger partial charge < -0.3 is 20.6 Å². The van der Waals surface area contributed by atoms with E-state index in [-0.39, 0.29) is 25.0 Å². The first-order valence-corrected chi connectivity index (χ1v) is 6.20. The van der Waals surface area contributed by atoms with Gasteiger partial charge in [-0.15, -0.1) is 0 Å². The molecule has 0 bridgehead atoms. The fourth-order valence-electron chi connectivity index (χ4n) is 2.06. The molecule has 3 amide bonds. The number of nitrogens with two attached hydrogens (primary N) is 1. The largest absolute Gasteiger partial charge is 0.480 e. The molecular formula is C12H21N3O4. The number of primary amides is 1. The SMILES string of the molecule is CC(C)(C)N(CC(=O)O)C(=O)N1CCC(C(N)=O)C1. The summed E-state index contributed by atoms with van der Waals surface area (Å²) in [5.74, 6) is -1.82. The first-order valence-electron chi connectivity index (χ1n) is 6.20. The number of carboxylic acids is 1. The zero-order valence-electron chi connectivity index (χ0n) is 11.5. The molecule has 7 nitrogen and oxygen atoms in total. The third-order valence-corrected chi connectivity index (χ3v) is 3.20. The second-order valence-electron chi connectivity index (χ2n) is 5.77. The fourth-order valence-corrected chi connectivity index (χ4v) is 2.06. The van der Waals surface area contributed by atoms with Gasteiger partial charge in [0.05, 0.1) is 5.92 Å². The van der Waals surface area contributed by atoms with E-state index in [1.165, 1.54) is 9.80 Å². The quantitative estimate of drug-likeness (QED) is 0.759. The van der Waals surface area contributed by atoms with Gasteiger partial charge in [-0.05, 0) is 27.2 Å². The highest BCUT2D eigenvalue weighted by molar-refractivity contribution is 5.83. The van der Waals surface area contributed by atoms with Crippen LogP contribution in [0.1, 0.15) is 27.2 Å². The Bertz CT molecular complexity index is 389. The van der Waals surface area contributed by atoms with Gasteiger partial charge in [0, 0.05) is 18.6 Å². The maximum absolute atomic E-state index is 12.3. The Balaban J connectivity index is 2.78. The van der Waals surface area contributed by atoms with E-state index >= 15 is 0 Å². The molecule has 0 aliphatic carbocycles. The summed E-state index contributed by atoms with van der Waals surface area (Å²) in [6.07, 6.45) is 0.534. The molecule has 1 heterocycles. The summed E-state index contributed by atoms with van der Waals surface area (Å²) in [4.78, 5) is 37.1. The predicted octanol–water partition coefficient (Wildman–Crippen LogP) is 0.0987. The van der Waals surface area contributed by atoms with E-state index in [1.807, 2.05) is 0 Å². The molecule has 1 saturated heterocycles. The average molecular weight is 271 g/mol. The van der Waals surface area contributed by atoms with Gasteiger partial charge in [-0.25, -0.2) is 4.79 Å². The van der Waals surface area contributed by atoms with Gasteiger partial charge in [-0.2, -0.15) is 0 Å². The number of hydrogen-bond acceptors (Lipinski definition) is 3. The van der Waals surface area contributed by atoms with Crippen molar-refractivity contribution in [3.8, 4) is 0 Å². The number of carbonyl (C=O) groups is 3. The van der Waals surface area contributed by atoms with E-state index in [1.54, 1.807) is 20.8 Å². The topological polar surface area (TPSA) is 104 Å². The molecule has 108 valence electrons. The molecular weight excluding hydrogens is 250 g/mol. The predicted molar refractivity (Wildman–Crippen MR) is 68.4 cm³/mol. The van der Waals surface area contributed by atoms with Gasteiger partial charge in [0.25, 0.3) is 0 Å². The maximum Gasteiger partial charge on any atom is 0.323 e. The standard InChI is InChI=1S/C12H21N3O4/c1-12(2,3)15(7-9(16)17)11(19)14-5-4-8(6-14)10(13)18/h8H,4-7H2,1-3H3,(H2,13,18)(H,16,17). The molecule has 19 heavy (non-hydrogen) atoms. The molecule has 1 rings (SSSR count). The van der Waals surface area contributed by atoms with Crippen LogP contribution in [-0.4, -0.2) is 58.0 Å². The minimum Gasteiger partial charge on any atom is -0.480 e. The lowest BCUT2D eigenvalue weighted by Gasteiger charge is -2.37. The highest BCUT2D eigenvalue weighted by Crippen LogP contribution is 2.21. The highest BCUT2D eigenvalue weighted by atomic mass is 16.4. The van der Waals surface area contributed by atoms with E-state index < -0.39 is 17.4 Å². The summed E-state index contributed by atoms with van der Waals surface area (Å²) in [5, 5.41) is 8.89. The molecule has 1 atom stereocenters. The smallest absolute Gasteiger partial charge is 0.323 e. The second kappa shape index (κ2) is 5.46. The first kappa shape index (κ1) is 15.3. The third kappa shape index (κ3) is 3.84. The van der Waals surface area contributed by atoms with E-state index in [4.69, 9.17) is 10.8 Å². The van der Waals surface area contributed by atoms with Gasteiger partial charge in [0.15, 0.2) is 0 Å². The van der Waals surface area contributed by atoms with Crippen molar-refractivity contribution in [2.75, 3.05) is 19.6 Å². The van der Waals surface area contributed by atoms with Crippen LogP contribution in [-0.2, 0) is 9.59 Å². The van der Waals surface area contributed by atoms with Crippen LogP contribution in [0.4, 0.5) is 4.79 Å². The number of urea groups is 1. The Hall–Kier alpha value is -1.79. The number of amides is 3. The molecule has 3 N–H and O–H groups in total. The van der Waals surface area contributed by atoms with E-state index in [0.717, 1.165) is 0 Å². The Morgan fingerprint density at radius 3 is 2.32 bits per heavy atom. The Morgan fingerprint density at radius 2 is 1.95 bits per heavy atom. The molecule has 7 heteroatoms. The minimum atomic E-state index is -1.06. The lowest BCUT2D eigenvalue weighted by atomic mass is 10.1. The van der Waals surface area contributed by atoms with E-state index in [9.17, 15) is 14.4 Å². The fraction of sp³-hybridized carbons (Fsp3) is 0.750. The summed E-state index contributed by atoms with van der Waals surface area (Å²) in [6, 6.07) is -0.362. The molecule has 0 saturated carbocycles. The zero-order valence-corrected chi connectivity index (χ0v) is 11.5. The molecule has 1 aliphatic rings. The molecule has 0 spiro atoms. The van der Waals surface area contributed by atoms with Crippen LogP contribution in [0.5, 0.6) is 0 Å². The zero-order chi connectivity index (χ0) is 14.8. The van der Waals surface area contributed by atoms with Gasteiger partial charge >= 0.3 is 12.0 Å². The molecule has 0 radical (unpaired) electrons. The van der Waals surface area contributed by atoms with E-state index in [0.29, 0.717) is 13.0 Å². The number of aliphatic carboxylic acids is 1. The summed E-state index contributed by atoms with van der Waals surface area (Å²) < 4.78 is 0. The maximum atomic E-state index is 12.3. The van der Waals surface area contributed by atoms with Gasteiger partial charge in [-0.3, -0.25) is 9.59 Å². The molecule has 0 aromatic carbocycles. The van der Waals surface area contributed by atoms with Crippen molar-refractivity contribution in [3.05, 3.63) is 0 Å². The van der Waals surface area contributed by atoms with Crippen LogP contribution in [0.2, 0.25) is 0 Å². The second-order valence-corrected chi connectivity index (χ2v) is 5.77. The molecule has 0 aromatic heterocycles. The van der Waals surface area contributed by atoms with Crippen molar-refractivity contribution < 1.29 is 19.5 Å². The van der Waals surface area contributed by atoms with Crippen LogP contribution >= 0.6 is 0 Å². The van der Waals surface area contributed by atoms with E-state index in [2.05, 4.69) is 0 Å². The molecule has 0 aromatic rings. The number of nitrogens with zero attached hydrogens (tertiary/aromatic N) is 2. The lowest BCUT2D eigenvalue weighted by molar-refractivity contribution is -0.138. The summed E-state index contributed by atoms with van der Waals surface area (Å²) in [5.41, 5.74) is 4.62. The van der Waals surface area contributed by atoms with Gasteiger partial charge in [0.2, 0.25) is 5.91 Å². The summed E-state index contributed by atoms with van der Waals surface area (Å²) in [7, 11) is 0. The third-order valence-electron chi connectivity index (χ3n) is 3.20. The van der Waals surface area contributed by atoms with Crippen LogP contribution in [0, 0.1) is 5.92 Å². The Labute approximate surface area is 112 Å². The number of carboxylic acid groups (broad SMARTS) is 1. The molecule has 1 aliphatic heterocycles. The number of likely N-dealkylation sites (tertiary alicyclic amines) is 1. The van der Waals surface area contributed by atoms with Crippen LogP contribution in [0.25, 0.3) is 0 Å². The van der Waals surface area contributed by atoms with Crippen molar-refractivity contribution in [1.29, 1.82) is 0 Å². The Morgan fingerprint density at radius 1 is 1.37 bits per heavy atom. The minimum absolute atomic E-state index is 0.264. The van der Waals surface area contributed by atoms with Crippen molar-refractivity contribution in [2.24, 2.45) is 11.7 Å². The van der Waals surface area contributed by atoms with Crippen LogP contribution in [0.3, 0.4) is 0 Å². The first-order chi connectivity index (χ1) is 8.62. The Kier molecular flexibility index (Phi) is 4.39. The van der Waals surface area contributed by atoms with Crippen molar-refractivity contribution in [2.45, 2.75) is 32.7 Å². The average Bonchev–Trinajstić information content (AvgIpc) is 2.72. The van der Waals surface area contributed by atoms with Crippen molar-refractivity contribution in [1.82, 2.24) is 9.80 Å². The summed E-state index contributed by atoms with van der Waals surface area (Å²) >= 11 is 0. The van der Waals surface area contributed by atoms with Crippen molar-refractivity contribution >= 4 is 17.9 Å². The normalized spacial score (nSPS) is 19.3. The monoisotopic (exact) mass is 271 g/mol. The number of carbonyl (C=O) groups excluding carboxylic acids is 2. The van der Waals surface area contributed by atoms with Crippen molar-refractivity contribution in [3.63, 3.8) is 0 Å². The van der Waals surface area contributed by atoms with Gasteiger partial charge in [0.1, 0.15) is 6.54 Å². The lowest BCUT2D eigenvalue weighted by Crippen LogP contribution is -2.53. The van der Waals surface area contributed by atoms with Crippen LogP contribution < -0.4 is 5.73 Å².